The second-order valence-corrected chi connectivity index (χ2v) is 11.7. The number of anilines is 2. The predicted molar refractivity (Wildman–Crippen MR) is 170 cm³/mol. The number of nitro groups is 1. The van der Waals surface area contributed by atoms with Gasteiger partial charge in [-0.15, -0.1) is 0 Å². The molecule has 11 nitrogen and oxygen atoms in total. The molecule has 0 amide bonds. The average Bonchev–Trinajstić information content (AvgIpc) is 3.63. The quantitative estimate of drug-likeness (QED) is 0.102. The first-order chi connectivity index (χ1) is 21.2. The third kappa shape index (κ3) is 5.78. The lowest BCUT2D eigenvalue weighted by molar-refractivity contribution is -0.385. The van der Waals surface area contributed by atoms with E-state index in [4.69, 9.17) is 9.52 Å². The highest BCUT2D eigenvalue weighted by Gasteiger charge is 2.23. The van der Waals surface area contributed by atoms with Gasteiger partial charge in [0.25, 0.3) is 15.7 Å². The molecule has 0 bridgehead atoms. The number of hydrazone groups is 1. The van der Waals surface area contributed by atoms with E-state index >= 15 is 0 Å². The summed E-state index contributed by atoms with van der Waals surface area (Å²) in [5.41, 5.74) is 7.09. The standard InChI is InChI=1S/C32H26N6O5S/c1-21-12-14-27(22(2)16-21)36-44(41,42)31-18-26(38(39)40)13-15-28(31)34-33-19-24-20-37(25-9-4-3-5-10-25)35-32(24)30-17-23-8-6-7-11-29(23)43-30/h3-20,34,36H,1-2H3/b33-19+. The van der Waals surface area contributed by atoms with Crippen LogP contribution in [0, 0.1) is 24.0 Å². The van der Waals surface area contributed by atoms with Crippen LogP contribution in [0.25, 0.3) is 28.1 Å². The second-order valence-electron chi connectivity index (χ2n) is 10.1. The van der Waals surface area contributed by atoms with E-state index in [0.29, 0.717) is 33.9 Å². The molecule has 0 aliphatic heterocycles. The van der Waals surface area contributed by atoms with Gasteiger partial charge in [0.15, 0.2) is 5.76 Å². The van der Waals surface area contributed by atoms with Crippen molar-refractivity contribution in [1.29, 1.82) is 0 Å². The van der Waals surface area contributed by atoms with Crippen molar-refractivity contribution in [2.24, 2.45) is 5.10 Å². The van der Waals surface area contributed by atoms with Gasteiger partial charge in [-0.2, -0.15) is 10.2 Å². The SMILES string of the molecule is Cc1ccc(NS(=O)(=O)c2cc([N+](=O)[O-])ccc2N/N=C/c2cn(-c3ccccc3)nc2-c2cc3ccccc3o2)c(C)c1. The third-order valence-corrected chi connectivity index (χ3v) is 8.31. The normalized spacial score (nSPS) is 11.7. The molecule has 2 N–H and O–H groups in total. The maximum absolute atomic E-state index is 13.5. The summed E-state index contributed by atoms with van der Waals surface area (Å²) in [5.74, 6) is 0.526. The molecule has 2 aromatic heterocycles. The fourth-order valence-electron chi connectivity index (χ4n) is 4.72. The number of nitro benzene ring substituents is 1. The van der Waals surface area contributed by atoms with Crippen molar-refractivity contribution in [1.82, 2.24) is 9.78 Å². The number of aromatic nitrogens is 2. The fourth-order valence-corrected chi connectivity index (χ4v) is 6.03. The maximum atomic E-state index is 13.5. The van der Waals surface area contributed by atoms with E-state index in [2.05, 4.69) is 15.2 Å². The van der Waals surface area contributed by atoms with E-state index < -0.39 is 14.9 Å². The van der Waals surface area contributed by atoms with Gasteiger partial charge in [-0.05, 0) is 55.8 Å². The van der Waals surface area contributed by atoms with Crippen molar-refractivity contribution in [2.45, 2.75) is 18.7 Å². The number of furan rings is 1. The van der Waals surface area contributed by atoms with Crippen molar-refractivity contribution in [3.8, 4) is 17.1 Å². The van der Waals surface area contributed by atoms with Crippen molar-refractivity contribution in [3.63, 3.8) is 0 Å². The van der Waals surface area contributed by atoms with Gasteiger partial charge in [0.2, 0.25) is 0 Å². The highest BCUT2D eigenvalue weighted by Crippen LogP contribution is 2.31. The minimum absolute atomic E-state index is 0.0462. The monoisotopic (exact) mass is 606 g/mol. The number of rotatable bonds is 9. The van der Waals surface area contributed by atoms with Gasteiger partial charge in [-0.1, -0.05) is 54.1 Å². The summed E-state index contributed by atoms with van der Waals surface area (Å²) < 4.78 is 37.3. The Balaban J connectivity index is 1.37. The molecule has 0 fully saturated rings. The minimum atomic E-state index is -4.25. The highest BCUT2D eigenvalue weighted by molar-refractivity contribution is 7.92. The lowest BCUT2D eigenvalue weighted by atomic mass is 10.1. The summed E-state index contributed by atoms with van der Waals surface area (Å²) in [7, 11) is -4.25. The number of fused-ring (bicyclic) bond motifs is 1. The molecule has 4 aromatic carbocycles. The number of nitrogens with zero attached hydrogens (tertiary/aromatic N) is 4. The zero-order chi connectivity index (χ0) is 30.8. The number of nitrogens with one attached hydrogen (secondary N) is 2. The number of sulfonamides is 1. The summed E-state index contributed by atoms with van der Waals surface area (Å²) in [6.07, 6.45) is 3.27. The van der Waals surface area contributed by atoms with Crippen LogP contribution in [-0.4, -0.2) is 29.3 Å². The number of non-ortho nitro benzene ring substituents is 1. The molecule has 0 radical (unpaired) electrons. The topological polar surface area (TPSA) is 145 Å². The summed E-state index contributed by atoms with van der Waals surface area (Å²) >= 11 is 0. The van der Waals surface area contributed by atoms with Gasteiger partial charge in [0.05, 0.1) is 28.2 Å². The van der Waals surface area contributed by atoms with E-state index in [1.165, 1.54) is 18.3 Å². The molecule has 12 heteroatoms. The van der Waals surface area contributed by atoms with Gasteiger partial charge < -0.3 is 4.42 Å². The number of benzene rings is 4. The van der Waals surface area contributed by atoms with Crippen LogP contribution in [0.5, 0.6) is 0 Å². The van der Waals surface area contributed by atoms with Crippen LogP contribution < -0.4 is 10.1 Å². The van der Waals surface area contributed by atoms with Crippen LogP contribution >= 0.6 is 0 Å². The van der Waals surface area contributed by atoms with Crippen LogP contribution in [0.3, 0.4) is 0 Å². The molecule has 220 valence electrons. The van der Waals surface area contributed by atoms with Gasteiger partial charge in [0.1, 0.15) is 16.2 Å². The summed E-state index contributed by atoms with van der Waals surface area (Å²) in [6.45, 7) is 3.67. The number of aryl methyl sites for hydroxylation is 2. The Hall–Kier alpha value is -5.75. The van der Waals surface area contributed by atoms with E-state index in [-0.39, 0.29) is 16.3 Å². The Morgan fingerprint density at radius 1 is 0.932 bits per heavy atom. The zero-order valence-electron chi connectivity index (χ0n) is 23.6. The van der Waals surface area contributed by atoms with Gasteiger partial charge in [0, 0.05) is 29.3 Å². The van der Waals surface area contributed by atoms with Crippen molar-refractivity contribution < 1.29 is 17.8 Å². The van der Waals surface area contributed by atoms with E-state index in [0.717, 1.165) is 22.7 Å². The van der Waals surface area contributed by atoms with Crippen LogP contribution in [0.2, 0.25) is 0 Å². The molecule has 0 aliphatic carbocycles. The first-order valence-electron chi connectivity index (χ1n) is 13.5. The maximum Gasteiger partial charge on any atom is 0.270 e. The fraction of sp³-hybridized carbons (Fsp3) is 0.0625. The minimum Gasteiger partial charge on any atom is -0.454 e. The first kappa shape index (κ1) is 28.4. The predicted octanol–water partition coefficient (Wildman–Crippen LogP) is 7.06. The second kappa shape index (κ2) is 11.5. The molecular weight excluding hydrogens is 580 g/mol. The van der Waals surface area contributed by atoms with Crippen LogP contribution in [-0.2, 0) is 10.0 Å². The zero-order valence-corrected chi connectivity index (χ0v) is 24.4. The van der Waals surface area contributed by atoms with Crippen molar-refractivity contribution >= 4 is 44.3 Å². The van der Waals surface area contributed by atoms with Crippen molar-refractivity contribution in [3.05, 3.63) is 130 Å². The van der Waals surface area contributed by atoms with E-state index in [1.54, 1.807) is 29.9 Å². The smallest absolute Gasteiger partial charge is 0.270 e. The molecule has 44 heavy (non-hydrogen) atoms. The summed E-state index contributed by atoms with van der Waals surface area (Å²) in [5, 5.41) is 21.5. The Morgan fingerprint density at radius 2 is 1.68 bits per heavy atom. The molecule has 0 unspecified atom stereocenters. The van der Waals surface area contributed by atoms with Crippen LogP contribution in [0.4, 0.5) is 17.1 Å². The van der Waals surface area contributed by atoms with E-state index in [9.17, 15) is 18.5 Å². The average molecular weight is 607 g/mol. The summed E-state index contributed by atoms with van der Waals surface area (Å²) in [6, 6.07) is 27.8. The largest absolute Gasteiger partial charge is 0.454 e. The molecule has 6 rings (SSSR count). The van der Waals surface area contributed by atoms with Crippen LogP contribution in [0.1, 0.15) is 16.7 Å². The molecule has 0 aliphatic rings. The lowest BCUT2D eigenvalue weighted by Crippen LogP contribution is -2.16. The first-order valence-corrected chi connectivity index (χ1v) is 15.0. The molecule has 0 atom stereocenters. The van der Waals surface area contributed by atoms with Gasteiger partial charge in [-0.3, -0.25) is 20.3 Å². The van der Waals surface area contributed by atoms with Crippen molar-refractivity contribution in [2.75, 3.05) is 10.1 Å². The molecule has 0 spiro atoms. The number of hydrogen-bond acceptors (Lipinski definition) is 8. The third-order valence-electron chi connectivity index (χ3n) is 6.90. The van der Waals surface area contributed by atoms with Crippen LogP contribution in [0.15, 0.2) is 118 Å². The lowest BCUT2D eigenvalue weighted by Gasteiger charge is -2.14. The summed E-state index contributed by atoms with van der Waals surface area (Å²) in [4.78, 5) is 10.5. The van der Waals surface area contributed by atoms with Gasteiger partial charge >= 0.3 is 0 Å². The number of para-hydroxylation sites is 2. The molecular formula is C32H26N6O5S. The van der Waals surface area contributed by atoms with E-state index in [1.807, 2.05) is 73.7 Å². The molecule has 2 heterocycles. The Labute approximate surface area is 252 Å². The Bertz CT molecular complexity index is 2120. The molecule has 6 aromatic rings. The highest BCUT2D eigenvalue weighted by atomic mass is 32.2. The Kier molecular flexibility index (Phi) is 7.41. The molecule has 0 saturated heterocycles. The van der Waals surface area contributed by atoms with Gasteiger partial charge in [-0.25, -0.2) is 13.1 Å². The Morgan fingerprint density at radius 3 is 2.43 bits per heavy atom. The number of hydrogen-bond donors (Lipinski definition) is 2. The molecule has 0 saturated carbocycles.